The van der Waals surface area contributed by atoms with Crippen LogP contribution in [0.1, 0.15) is 40.4 Å². The number of benzene rings is 1. The molecule has 0 saturated heterocycles. The van der Waals surface area contributed by atoms with E-state index in [1.165, 1.54) is 0 Å². The van der Waals surface area contributed by atoms with Crippen LogP contribution in [0, 0.1) is 11.6 Å². The summed E-state index contributed by atoms with van der Waals surface area (Å²) in [5.41, 5.74) is 1.16. The summed E-state index contributed by atoms with van der Waals surface area (Å²) in [6.07, 6.45) is 3.84. The number of hydrogen-bond acceptors (Lipinski definition) is 2. The Morgan fingerprint density at radius 2 is 2.00 bits per heavy atom. The van der Waals surface area contributed by atoms with E-state index in [0.29, 0.717) is 12.1 Å². The third-order valence-corrected chi connectivity index (χ3v) is 4.22. The molecule has 1 heterocycles. The first-order valence-corrected chi connectivity index (χ1v) is 7.50. The second kappa shape index (κ2) is 5.64. The largest absolute Gasteiger partial charge is 0.293 e. The summed E-state index contributed by atoms with van der Waals surface area (Å²) >= 11 is 3.01. The lowest BCUT2D eigenvalue weighted by atomic mass is 9.82. The molecule has 2 aromatic rings. The van der Waals surface area contributed by atoms with Gasteiger partial charge in [-0.05, 0) is 43.0 Å². The van der Waals surface area contributed by atoms with Gasteiger partial charge in [-0.1, -0.05) is 22.0 Å². The maximum absolute atomic E-state index is 14.0. The van der Waals surface area contributed by atoms with Gasteiger partial charge in [0.2, 0.25) is 0 Å². The van der Waals surface area contributed by atoms with E-state index in [2.05, 4.69) is 20.9 Å². The Hall–Kier alpha value is -1.62. The Kier molecular flexibility index (Phi) is 3.85. The standard InChI is InChI=1S/C16H12BrF2NO/c17-10-7-12(18)14(13(19)8-10)16(21)11-5-1-3-9-4-2-6-20-15(9)11/h2,4,6-8,11H,1,3,5H2. The maximum Gasteiger partial charge on any atom is 0.177 e. The summed E-state index contributed by atoms with van der Waals surface area (Å²) in [5, 5.41) is 0. The number of aryl methyl sites for hydroxylation is 1. The van der Waals surface area contributed by atoms with Gasteiger partial charge in [0, 0.05) is 10.7 Å². The minimum absolute atomic E-state index is 0.274. The Bertz CT molecular complexity index is 694. The van der Waals surface area contributed by atoms with Crippen molar-refractivity contribution < 1.29 is 13.6 Å². The van der Waals surface area contributed by atoms with Gasteiger partial charge >= 0.3 is 0 Å². The van der Waals surface area contributed by atoms with E-state index >= 15 is 0 Å². The fourth-order valence-corrected chi connectivity index (χ4v) is 3.22. The molecule has 1 aromatic carbocycles. The molecule has 2 nitrogen and oxygen atoms in total. The molecule has 0 fully saturated rings. The third kappa shape index (κ3) is 2.62. The fourth-order valence-electron chi connectivity index (χ4n) is 2.82. The van der Waals surface area contributed by atoms with Crippen LogP contribution in [0.2, 0.25) is 0 Å². The Morgan fingerprint density at radius 3 is 2.71 bits per heavy atom. The normalized spacial score (nSPS) is 17.4. The van der Waals surface area contributed by atoms with Crippen molar-refractivity contribution in [1.82, 2.24) is 4.98 Å². The number of nitrogens with zero attached hydrogens (tertiary/aromatic N) is 1. The Labute approximate surface area is 129 Å². The molecule has 0 saturated carbocycles. The van der Waals surface area contributed by atoms with Crippen molar-refractivity contribution in [2.24, 2.45) is 0 Å². The molecule has 3 rings (SSSR count). The molecule has 0 radical (unpaired) electrons. The molecule has 1 aromatic heterocycles. The van der Waals surface area contributed by atoms with Gasteiger partial charge < -0.3 is 0 Å². The lowest BCUT2D eigenvalue weighted by molar-refractivity contribution is 0.0940. The van der Waals surface area contributed by atoms with Crippen LogP contribution in [0.4, 0.5) is 8.78 Å². The van der Waals surface area contributed by atoms with Gasteiger partial charge in [-0.15, -0.1) is 0 Å². The average Bonchev–Trinajstić information content (AvgIpc) is 2.45. The fraction of sp³-hybridized carbons (Fsp3) is 0.250. The first-order chi connectivity index (χ1) is 10.1. The van der Waals surface area contributed by atoms with E-state index < -0.39 is 28.9 Å². The summed E-state index contributed by atoms with van der Waals surface area (Å²) in [5.74, 6) is -2.78. The van der Waals surface area contributed by atoms with Crippen molar-refractivity contribution in [3.63, 3.8) is 0 Å². The lowest BCUT2D eigenvalue weighted by Gasteiger charge is -2.23. The van der Waals surface area contributed by atoms with Crippen molar-refractivity contribution in [2.75, 3.05) is 0 Å². The predicted molar refractivity (Wildman–Crippen MR) is 78.3 cm³/mol. The van der Waals surface area contributed by atoms with E-state index in [9.17, 15) is 13.6 Å². The van der Waals surface area contributed by atoms with Crippen molar-refractivity contribution >= 4 is 21.7 Å². The van der Waals surface area contributed by atoms with Crippen LogP contribution in [0.5, 0.6) is 0 Å². The number of carbonyl (C=O) groups excluding carboxylic acids is 1. The van der Waals surface area contributed by atoms with Crippen LogP contribution >= 0.6 is 15.9 Å². The number of aromatic nitrogens is 1. The highest BCUT2D eigenvalue weighted by Crippen LogP contribution is 2.34. The van der Waals surface area contributed by atoms with Crippen LogP contribution in [0.25, 0.3) is 0 Å². The van der Waals surface area contributed by atoms with Crippen molar-refractivity contribution in [3.05, 3.63) is 63.4 Å². The van der Waals surface area contributed by atoms with Gasteiger partial charge in [-0.3, -0.25) is 9.78 Å². The molecule has 0 bridgehead atoms. The molecule has 1 aliphatic carbocycles. The van der Waals surface area contributed by atoms with E-state index in [0.717, 1.165) is 30.5 Å². The van der Waals surface area contributed by atoms with Gasteiger partial charge in [0.15, 0.2) is 5.78 Å². The molecule has 108 valence electrons. The third-order valence-electron chi connectivity index (χ3n) is 3.76. The zero-order valence-corrected chi connectivity index (χ0v) is 12.7. The first kappa shape index (κ1) is 14.3. The van der Waals surface area contributed by atoms with Gasteiger partial charge in [0.25, 0.3) is 0 Å². The zero-order valence-electron chi connectivity index (χ0n) is 11.1. The number of rotatable bonds is 2. The number of Topliss-reactive ketones (excluding diaryl/α,β-unsaturated/α-hetero) is 1. The molecular formula is C16H12BrF2NO. The Balaban J connectivity index is 2.05. The number of hydrogen-bond donors (Lipinski definition) is 0. The summed E-state index contributed by atoms with van der Waals surface area (Å²) in [6, 6.07) is 5.94. The summed E-state index contributed by atoms with van der Waals surface area (Å²) in [6.45, 7) is 0. The summed E-state index contributed by atoms with van der Waals surface area (Å²) in [4.78, 5) is 16.8. The second-order valence-electron chi connectivity index (χ2n) is 5.10. The SMILES string of the molecule is O=C(c1c(F)cc(Br)cc1F)C1CCCc2cccnc21. The first-order valence-electron chi connectivity index (χ1n) is 6.70. The maximum atomic E-state index is 14.0. The highest BCUT2D eigenvalue weighted by atomic mass is 79.9. The van der Waals surface area contributed by atoms with Crippen molar-refractivity contribution in [3.8, 4) is 0 Å². The molecule has 0 amide bonds. The van der Waals surface area contributed by atoms with Gasteiger partial charge in [-0.2, -0.15) is 0 Å². The summed E-state index contributed by atoms with van der Waals surface area (Å²) in [7, 11) is 0. The smallest absolute Gasteiger partial charge is 0.177 e. The number of fused-ring (bicyclic) bond motifs is 1. The van der Waals surface area contributed by atoms with Crippen LogP contribution in [-0.2, 0) is 6.42 Å². The molecule has 1 aliphatic rings. The van der Waals surface area contributed by atoms with Crippen LogP contribution in [0.15, 0.2) is 34.9 Å². The van der Waals surface area contributed by atoms with Gasteiger partial charge in [-0.25, -0.2) is 8.78 Å². The summed E-state index contributed by atoms with van der Waals surface area (Å²) < 4.78 is 28.2. The minimum Gasteiger partial charge on any atom is -0.293 e. The molecule has 0 N–H and O–H groups in total. The van der Waals surface area contributed by atoms with Gasteiger partial charge in [0.1, 0.15) is 11.6 Å². The highest BCUT2D eigenvalue weighted by molar-refractivity contribution is 9.10. The quantitative estimate of drug-likeness (QED) is 0.749. The van der Waals surface area contributed by atoms with Crippen molar-refractivity contribution in [2.45, 2.75) is 25.2 Å². The predicted octanol–water partition coefficient (Wildman–Crippen LogP) is 4.43. The number of ketones is 1. The molecule has 1 atom stereocenters. The van der Waals surface area contributed by atoms with E-state index in [1.807, 2.05) is 12.1 Å². The molecule has 0 aliphatic heterocycles. The van der Waals surface area contributed by atoms with Crippen LogP contribution in [0.3, 0.4) is 0 Å². The van der Waals surface area contributed by atoms with E-state index in [-0.39, 0.29) is 4.47 Å². The number of carbonyl (C=O) groups is 1. The zero-order chi connectivity index (χ0) is 15.0. The molecule has 5 heteroatoms. The topological polar surface area (TPSA) is 30.0 Å². The van der Waals surface area contributed by atoms with E-state index in [4.69, 9.17) is 0 Å². The number of halogens is 3. The van der Waals surface area contributed by atoms with Crippen LogP contribution < -0.4 is 0 Å². The van der Waals surface area contributed by atoms with E-state index in [1.54, 1.807) is 6.20 Å². The molecule has 21 heavy (non-hydrogen) atoms. The Morgan fingerprint density at radius 1 is 1.29 bits per heavy atom. The minimum atomic E-state index is -0.838. The van der Waals surface area contributed by atoms with Crippen LogP contribution in [-0.4, -0.2) is 10.8 Å². The molecule has 0 spiro atoms. The monoisotopic (exact) mass is 351 g/mol. The number of pyridine rings is 1. The molecule has 1 unspecified atom stereocenters. The average molecular weight is 352 g/mol. The second-order valence-corrected chi connectivity index (χ2v) is 6.02. The molecular weight excluding hydrogens is 340 g/mol. The van der Waals surface area contributed by atoms with Crippen molar-refractivity contribution in [1.29, 1.82) is 0 Å². The lowest BCUT2D eigenvalue weighted by Crippen LogP contribution is -2.22. The highest BCUT2D eigenvalue weighted by Gasteiger charge is 2.31. The van der Waals surface area contributed by atoms with Gasteiger partial charge in [0.05, 0.1) is 17.2 Å².